The fraction of sp³-hybridized carbons (Fsp3) is 0.500. The summed E-state index contributed by atoms with van der Waals surface area (Å²) in [6.07, 6.45) is 0.920. The Labute approximate surface area is 96.4 Å². The van der Waals surface area contributed by atoms with Crippen LogP contribution in [-0.4, -0.2) is 19.8 Å². The summed E-state index contributed by atoms with van der Waals surface area (Å²) in [7, 11) is 0. The maximum atomic E-state index is 6.02. The molecule has 0 heterocycles. The molecule has 1 aromatic rings. The molecule has 1 rings (SSSR count). The van der Waals surface area contributed by atoms with Crippen LogP contribution in [0.1, 0.15) is 16.7 Å². The van der Waals surface area contributed by atoms with Gasteiger partial charge in [0.2, 0.25) is 0 Å². The van der Waals surface area contributed by atoms with E-state index < -0.39 is 0 Å². The Bertz CT molecular complexity index is 326. The van der Waals surface area contributed by atoms with Crippen molar-refractivity contribution >= 4 is 11.6 Å². The molecule has 0 aliphatic carbocycles. The molecule has 0 unspecified atom stereocenters. The third-order valence-corrected chi connectivity index (χ3v) is 2.80. The van der Waals surface area contributed by atoms with Crippen LogP contribution in [0.25, 0.3) is 0 Å². The molecule has 0 radical (unpaired) electrons. The van der Waals surface area contributed by atoms with Crippen LogP contribution >= 0.6 is 11.6 Å². The van der Waals surface area contributed by atoms with Gasteiger partial charge in [-0.25, -0.2) is 0 Å². The van der Waals surface area contributed by atoms with E-state index in [2.05, 4.69) is 13.0 Å². The second kappa shape index (κ2) is 6.11. The first-order valence-corrected chi connectivity index (χ1v) is 5.56. The smallest absolute Gasteiger partial charge is 0.0588 e. The Morgan fingerprint density at radius 2 is 1.93 bits per heavy atom. The van der Waals surface area contributed by atoms with Gasteiger partial charge in [0.25, 0.3) is 0 Å². The molecule has 3 heteroatoms. The fourth-order valence-electron chi connectivity index (χ4n) is 1.48. The van der Waals surface area contributed by atoms with Crippen molar-refractivity contribution in [1.29, 1.82) is 0 Å². The van der Waals surface area contributed by atoms with Crippen molar-refractivity contribution in [2.75, 3.05) is 19.8 Å². The minimum absolute atomic E-state index is 0.582. The van der Waals surface area contributed by atoms with Gasteiger partial charge in [0.05, 0.1) is 13.2 Å². The summed E-state index contributed by atoms with van der Waals surface area (Å²) in [5.41, 5.74) is 8.98. The largest absolute Gasteiger partial charge is 0.380 e. The van der Waals surface area contributed by atoms with Gasteiger partial charge in [-0.2, -0.15) is 0 Å². The molecule has 0 atom stereocenters. The number of halogens is 1. The van der Waals surface area contributed by atoms with Crippen LogP contribution in [0.2, 0.25) is 5.02 Å². The molecule has 15 heavy (non-hydrogen) atoms. The van der Waals surface area contributed by atoms with Gasteiger partial charge in [-0.1, -0.05) is 17.7 Å². The van der Waals surface area contributed by atoms with E-state index in [0.717, 1.165) is 23.6 Å². The third kappa shape index (κ3) is 3.82. The Morgan fingerprint density at radius 3 is 2.60 bits per heavy atom. The molecule has 0 aliphatic heterocycles. The zero-order chi connectivity index (χ0) is 11.3. The topological polar surface area (TPSA) is 35.2 Å². The summed E-state index contributed by atoms with van der Waals surface area (Å²) in [6.45, 7) is 6.03. The molecule has 84 valence electrons. The average molecular weight is 228 g/mol. The predicted octanol–water partition coefficient (Wildman–Crippen LogP) is 2.47. The highest BCUT2D eigenvalue weighted by Gasteiger charge is 2.02. The minimum atomic E-state index is 0.582. The molecule has 0 amide bonds. The van der Waals surface area contributed by atoms with E-state index in [-0.39, 0.29) is 0 Å². The second-order valence-corrected chi connectivity index (χ2v) is 4.09. The monoisotopic (exact) mass is 227 g/mol. The first-order valence-electron chi connectivity index (χ1n) is 5.18. The van der Waals surface area contributed by atoms with Crippen LogP contribution in [0.5, 0.6) is 0 Å². The lowest BCUT2D eigenvalue weighted by Crippen LogP contribution is -2.10. The molecule has 0 spiro atoms. The van der Waals surface area contributed by atoms with Crippen LogP contribution < -0.4 is 5.73 Å². The summed E-state index contributed by atoms with van der Waals surface area (Å²) in [5.74, 6) is 0. The lowest BCUT2D eigenvalue weighted by molar-refractivity contribution is 0.144. The summed E-state index contributed by atoms with van der Waals surface area (Å²) >= 11 is 6.02. The lowest BCUT2D eigenvalue weighted by Gasteiger charge is -2.09. The standard InChI is InChI=1S/C12H18ClNO/c1-9-8-12(13)10(2)7-11(9)3-5-15-6-4-14/h7-8H,3-6,14H2,1-2H3. The van der Waals surface area contributed by atoms with Gasteiger partial charge in [-0.15, -0.1) is 0 Å². The molecule has 0 fully saturated rings. The minimum Gasteiger partial charge on any atom is -0.380 e. The van der Waals surface area contributed by atoms with Crippen molar-refractivity contribution in [3.8, 4) is 0 Å². The molecule has 0 saturated heterocycles. The summed E-state index contributed by atoms with van der Waals surface area (Å²) < 4.78 is 5.35. The number of aryl methyl sites for hydroxylation is 2. The number of nitrogens with two attached hydrogens (primary N) is 1. The second-order valence-electron chi connectivity index (χ2n) is 3.68. The maximum Gasteiger partial charge on any atom is 0.0588 e. The van der Waals surface area contributed by atoms with Gasteiger partial charge in [-0.3, -0.25) is 0 Å². The van der Waals surface area contributed by atoms with Crippen LogP contribution in [0, 0.1) is 13.8 Å². The van der Waals surface area contributed by atoms with Crippen LogP contribution in [-0.2, 0) is 11.2 Å². The zero-order valence-electron chi connectivity index (χ0n) is 9.35. The van der Waals surface area contributed by atoms with Crippen molar-refractivity contribution in [2.24, 2.45) is 5.73 Å². The van der Waals surface area contributed by atoms with E-state index in [9.17, 15) is 0 Å². The van der Waals surface area contributed by atoms with E-state index in [4.69, 9.17) is 22.1 Å². The molecule has 0 saturated carbocycles. The van der Waals surface area contributed by atoms with E-state index in [1.54, 1.807) is 0 Å². The normalized spacial score (nSPS) is 10.7. The zero-order valence-corrected chi connectivity index (χ0v) is 10.1. The van der Waals surface area contributed by atoms with Gasteiger partial charge >= 0.3 is 0 Å². The number of ether oxygens (including phenoxy) is 1. The first-order chi connectivity index (χ1) is 7.15. The van der Waals surface area contributed by atoms with Crippen molar-refractivity contribution in [3.05, 3.63) is 33.8 Å². The van der Waals surface area contributed by atoms with Gasteiger partial charge in [0.15, 0.2) is 0 Å². The third-order valence-electron chi connectivity index (χ3n) is 2.40. The molecule has 0 aromatic heterocycles. The summed E-state index contributed by atoms with van der Waals surface area (Å²) in [5, 5.41) is 0.833. The molecular weight excluding hydrogens is 210 g/mol. The van der Waals surface area contributed by atoms with Crippen molar-refractivity contribution in [1.82, 2.24) is 0 Å². The van der Waals surface area contributed by atoms with Crippen molar-refractivity contribution in [2.45, 2.75) is 20.3 Å². The maximum absolute atomic E-state index is 6.02. The Balaban J connectivity index is 2.57. The highest BCUT2D eigenvalue weighted by atomic mass is 35.5. The fourth-order valence-corrected chi connectivity index (χ4v) is 1.70. The van der Waals surface area contributed by atoms with Crippen LogP contribution in [0.3, 0.4) is 0 Å². The highest BCUT2D eigenvalue weighted by Crippen LogP contribution is 2.20. The Kier molecular flexibility index (Phi) is 5.09. The van der Waals surface area contributed by atoms with Gasteiger partial charge < -0.3 is 10.5 Å². The molecule has 1 aromatic carbocycles. The van der Waals surface area contributed by atoms with Gasteiger partial charge in [0, 0.05) is 11.6 Å². The van der Waals surface area contributed by atoms with Gasteiger partial charge in [-0.05, 0) is 43.0 Å². The summed E-state index contributed by atoms with van der Waals surface area (Å²) in [4.78, 5) is 0. The molecule has 2 nitrogen and oxygen atoms in total. The van der Waals surface area contributed by atoms with Crippen LogP contribution in [0.4, 0.5) is 0 Å². The molecule has 0 aliphatic rings. The van der Waals surface area contributed by atoms with E-state index >= 15 is 0 Å². The van der Waals surface area contributed by atoms with E-state index in [0.29, 0.717) is 13.2 Å². The molecule has 0 bridgehead atoms. The van der Waals surface area contributed by atoms with Gasteiger partial charge in [0.1, 0.15) is 0 Å². The number of hydrogen-bond donors (Lipinski definition) is 1. The Morgan fingerprint density at radius 1 is 1.20 bits per heavy atom. The van der Waals surface area contributed by atoms with E-state index in [1.165, 1.54) is 11.1 Å². The summed E-state index contributed by atoms with van der Waals surface area (Å²) in [6, 6.07) is 4.14. The van der Waals surface area contributed by atoms with Crippen LogP contribution in [0.15, 0.2) is 12.1 Å². The SMILES string of the molecule is Cc1cc(CCOCCN)c(C)cc1Cl. The predicted molar refractivity (Wildman–Crippen MR) is 64.5 cm³/mol. The quantitative estimate of drug-likeness (QED) is 0.785. The van der Waals surface area contributed by atoms with Crippen molar-refractivity contribution in [3.63, 3.8) is 0 Å². The lowest BCUT2D eigenvalue weighted by atomic mass is 10.0. The van der Waals surface area contributed by atoms with Crippen molar-refractivity contribution < 1.29 is 4.74 Å². The number of benzene rings is 1. The molecule has 2 N–H and O–H groups in total. The Hall–Kier alpha value is -0.570. The van der Waals surface area contributed by atoms with E-state index in [1.807, 2.05) is 13.0 Å². The number of hydrogen-bond acceptors (Lipinski definition) is 2. The highest BCUT2D eigenvalue weighted by molar-refractivity contribution is 6.31. The average Bonchev–Trinajstić information content (AvgIpc) is 2.20. The molecular formula is C12H18ClNO. The number of rotatable bonds is 5. The first kappa shape index (κ1) is 12.5.